The van der Waals surface area contributed by atoms with E-state index in [9.17, 15) is 9.59 Å². The third kappa shape index (κ3) is 3.67. The van der Waals surface area contributed by atoms with Gasteiger partial charge in [-0.1, -0.05) is 30.3 Å². The first-order chi connectivity index (χ1) is 13.6. The summed E-state index contributed by atoms with van der Waals surface area (Å²) in [5.74, 6) is 0.296. The van der Waals surface area contributed by atoms with Gasteiger partial charge in [-0.05, 0) is 36.2 Å². The van der Waals surface area contributed by atoms with E-state index in [0.717, 1.165) is 11.3 Å². The fraction of sp³-hybridized carbons (Fsp3) is 0.250. The van der Waals surface area contributed by atoms with Crippen molar-refractivity contribution >= 4 is 23.8 Å². The molecule has 2 aliphatic heterocycles. The van der Waals surface area contributed by atoms with E-state index in [2.05, 4.69) is 15.8 Å². The summed E-state index contributed by atoms with van der Waals surface area (Å²) in [6.07, 6.45) is 2.15. The van der Waals surface area contributed by atoms with Crippen molar-refractivity contribution in [1.29, 1.82) is 0 Å². The van der Waals surface area contributed by atoms with Crippen molar-refractivity contribution in [3.63, 3.8) is 0 Å². The molecule has 2 heterocycles. The zero-order valence-electron chi connectivity index (χ0n) is 15.4. The van der Waals surface area contributed by atoms with Crippen molar-refractivity contribution in [2.45, 2.75) is 18.5 Å². The highest BCUT2D eigenvalue weighted by atomic mass is 16.5. The van der Waals surface area contributed by atoms with E-state index in [1.54, 1.807) is 30.6 Å². The molecule has 144 valence electrons. The maximum absolute atomic E-state index is 12.8. The summed E-state index contributed by atoms with van der Waals surface area (Å²) in [6.45, 7) is -0.123. The van der Waals surface area contributed by atoms with Crippen molar-refractivity contribution in [2.24, 2.45) is 5.10 Å². The molecule has 0 aliphatic carbocycles. The van der Waals surface area contributed by atoms with Gasteiger partial charge in [0.2, 0.25) is 5.91 Å². The third-order valence-electron chi connectivity index (χ3n) is 4.82. The first-order valence-electron chi connectivity index (χ1n) is 9.03. The Morgan fingerprint density at radius 2 is 1.96 bits per heavy atom. The molecule has 1 saturated heterocycles. The first-order valence-corrected chi connectivity index (χ1v) is 9.03. The average Bonchev–Trinajstić information content (AvgIpc) is 3.16. The van der Waals surface area contributed by atoms with Crippen LogP contribution in [0, 0.1) is 0 Å². The van der Waals surface area contributed by atoms with Crippen molar-refractivity contribution < 1.29 is 14.3 Å². The Bertz CT molecular complexity index is 884. The van der Waals surface area contributed by atoms with Crippen LogP contribution in [0.25, 0.3) is 0 Å². The highest BCUT2D eigenvalue weighted by molar-refractivity contribution is 5.96. The molecule has 2 unspecified atom stereocenters. The topological polar surface area (TPSA) is 86.3 Å². The predicted octanol–water partition coefficient (Wildman–Crippen LogP) is 1.74. The molecule has 0 spiro atoms. The lowest BCUT2D eigenvalue weighted by atomic mass is 10.0. The summed E-state index contributed by atoms with van der Waals surface area (Å²) in [5.41, 5.74) is 5.03. The Morgan fingerprint density at radius 1 is 1.21 bits per heavy atom. The van der Waals surface area contributed by atoms with Crippen LogP contribution >= 0.6 is 0 Å². The molecule has 8 heteroatoms. The number of hydrogen-bond donors (Lipinski definition) is 2. The van der Waals surface area contributed by atoms with Crippen molar-refractivity contribution in [2.75, 3.05) is 19.0 Å². The zero-order chi connectivity index (χ0) is 19.5. The van der Waals surface area contributed by atoms with Gasteiger partial charge in [-0.15, -0.1) is 0 Å². The molecule has 28 heavy (non-hydrogen) atoms. The minimum absolute atomic E-state index is 0.00981. The lowest BCUT2D eigenvalue weighted by molar-refractivity contribution is -0.139. The number of nitrogens with zero attached hydrogens (tertiary/aromatic N) is 3. The number of rotatable bonds is 5. The van der Waals surface area contributed by atoms with Crippen LogP contribution in [-0.2, 0) is 9.59 Å². The summed E-state index contributed by atoms with van der Waals surface area (Å²) >= 11 is 0. The highest BCUT2D eigenvalue weighted by Crippen LogP contribution is 2.30. The first kappa shape index (κ1) is 18.0. The number of amides is 2. The molecule has 0 radical (unpaired) electrons. The normalized spacial score (nSPS) is 20.8. The SMILES string of the molecule is COc1ccc(C2CC3C(=O)N(CC(=O)Nc4ccccc4)N=CN3N2)cc1. The van der Waals surface area contributed by atoms with Gasteiger partial charge in [0.15, 0.2) is 0 Å². The van der Waals surface area contributed by atoms with Crippen molar-refractivity contribution in [3.05, 3.63) is 60.2 Å². The molecular formula is C20H21N5O3. The smallest absolute Gasteiger partial charge is 0.267 e. The number of para-hydroxylation sites is 1. The number of carbonyl (C=O) groups excluding carboxylic acids is 2. The molecule has 2 aromatic rings. The highest BCUT2D eigenvalue weighted by Gasteiger charge is 2.41. The molecule has 0 aromatic heterocycles. The summed E-state index contributed by atoms with van der Waals surface area (Å²) in [4.78, 5) is 25.0. The van der Waals surface area contributed by atoms with Gasteiger partial charge in [0.1, 0.15) is 24.7 Å². The van der Waals surface area contributed by atoms with Gasteiger partial charge in [-0.25, -0.2) is 10.4 Å². The molecule has 2 N–H and O–H groups in total. The van der Waals surface area contributed by atoms with E-state index < -0.39 is 6.04 Å². The standard InChI is InChI=1S/C20H21N5O3/c1-28-16-9-7-14(8-10-16)17-11-18-20(27)24(21-13-25(18)23-17)12-19(26)22-15-5-3-2-4-6-15/h2-10,13,17-18,23H,11-12H2,1H3,(H,22,26). The molecule has 0 bridgehead atoms. The Kier molecular flexibility index (Phi) is 4.94. The van der Waals surface area contributed by atoms with E-state index in [-0.39, 0.29) is 24.4 Å². The molecule has 2 amide bonds. The number of nitrogens with one attached hydrogen (secondary N) is 2. The van der Waals surface area contributed by atoms with E-state index in [0.29, 0.717) is 12.1 Å². The van der Waals surface area contributed by atoms with Gasteiger partial charge in [-0.2, -0.15) is 5.10 Å². The maximum Gasteiger partial charge on any atom is 0.267 e. The number of fused-ring (bicyclic) bond motifs is 1. The van der Waals surface area contributed by atoms with Crippen LogP contribution in [0.15, 0.2) is 59.7 Å². The van der Waals surface area contributed by atoms with Crippen LogP contribution in [0.2, 0.25) is 0 Å². The predicted molar refractivity (Wildman–Crippen MR) is 104 cm³/mol. The van der Waals surface area contributed by atoms with Gasteiger partial charge in [0, 0.05) is 5.69 Å². The summed E-state index contributed by atoms with van der Waals surface area (Å²) in [6, 6.07) is 16.5. The molecule has 2 aliphatic rings. The Morgan fingerprint density at radius 3 is 2.68 bits per heavy atom. The van der Waals surface area contributed by atoms with Gasteiger partial charge in [0.05, 0.1) is 13.2 Å². The molecule has 8 nitrogen and oxygen atoms in total. The number of hydrazine groups is 1. The second-order valence-electron chi connectivity index (χ2n) is 6.65. The van der Waals surface area contributed by atoms with E-state index in [4.69, 9.17) is 4.74 Å². The summed E-state index contributed by atoms with van der Waals surface area (Å²) in [5, 5.41) is 9.83. The number of benzene rings is 2. The van der Waals surface area contributed by atoms with Gasteiger partial charge in [0.25, 0.3) is 5.91 Å². The minimum Gasteiger partial charge on any atom is -0.497 e. The zero-order valence-corrected chi connectivity index (χ0v) is 15.4. The number of hydrazone groups is 1. The van der Waals surface area contributed by atoms with E-state index in [1.165, 1.54) is 5.01 Å². The largest absolute Gasteiger partial charge is 0.497 e. The van der Waals surface area contributed by atoms with Crippen LogP contribution in [0.4, 0.5) is 5.69 Å². The molecule has 4 rings (SSSR count). The molecule has 1 fully saturated rings. The van der Waals surface area contributed by atoms with Gasteiger partial charge >= 0.3 is 0 Å². The van der Waals surface area contributed by atoms with Crippen LogP contribution in [0.5, 0.6) is 5.75 Å². The van der Waals surface area contributed by atoms with Crippen LogP contribution < -0.4 is 15.5 Å². The molecule has 2 atom stereocenters. The van der Waals surface area contributed by atoms with Crippen LogP contribution in [-0.4, -0.2) is 47.9 Å². The Hall–Kier alpha value is -3.39. The van der Waals surface area contributed by atoms with Crippen LogP contribution in [0.1, 0.15) is 18.0 Å². The Labute approximate surface area is 162 Å². The monoisotopic (exact) mass is 379 g/mol. The second kappa shape index (κ2) is 7.69. The second-order valence-corrected chi connectivity index (χ2v) is 6.65. The molecular weight excluding hydrogens is 358 g/mol. The molecule has 2 aromatic carbocycles. The van der Waals surface area contributed by atoms with Crippen molar-refractivity contribution in [3.8, 4) is 5.75 Å². The third-order valence-corrected chi connectivity index (χ3v) is 4.82. The van der Waals surface area contributed by atoms with Crippen LogP contribution in [0.3, 0.4) is 0 Å². The van der Waals surface area contributed by atoms with E-state index >= 15 is 0 Å². The number of methoxy groups -OCH3 is 1. The Balaban J connectivity index is 1.39. The maximum atomic E-state index is 12.8. The van der Waals surface area contributed by atoms with Gasteiger partial charge in [-0.3, -0.25) is 14.6 Å². The lowest BCUT2D eigenvalue weighted by Crippen LogP contribution is -2.52. The average molecular weight is 379 g/mol. The number of hydrogen-bond acceptors (Lipinski definition) is 6. The minimum atomic E-state index is -0.394. The summed E-state index contributed by atoms with van der Waals surface area (Å²) in [7, 11) is 1.63. The fourth-order valence-corrected chi connectivity index (χ4v) is 3.36. The van der Waals surface area contributed by atoms with Crippen molar-refractivity contribution in [1.82, 2.24) is 15.4 Å². The lowest BCUT2D eigenvalue weighted by Gasteiger charge is -2.29. The molecule has 0 saturated carbocycles. The number of anilines is 1. The number of ether oxygens (including phenoxy) is 1. The fourth-order valence-electron chi connectivity index (χ4n) is 3.36. The van der Waals surface area contributed by atoms with E-state index in [1.807, 2.05) is 42.5 Å². The summed E-state index contributed by atoms with van der Waals surface area (Å²) < 4.78 is 5.19. The number of carbonyl (C=O) groups is 2. The quantitative estimate of drug-likeness (QED) is 0.827. The van der Waals surface area contributed by atoms with Gasteiger partial charge < -0.3 is 10.1 Å².